The number of para-hydroxylation sites is 1. The second-order valence-corrected chi connectivity index (χ2v) is 8.44. The molecule has 150 valence electrons. The van der Waals surface area contributed by atoms with Crippen molar-refractivity contribution in [1.82, 2.24) is 4.98 Å². The van der Waals surface area contributed by atoms with Gasteiger partial charge in [-0.1, -0.05) is 30.3 Å². The van der Waals surface area contributed by atoms with E-state index in [1.165, 1.54) is 12.1 Å². The lowest BCUT2D eigenvalue weighted by Gasteiger charge is -2.11. The molecule has 0 radical (unpaired) electrons. The average Bonchev–Trinajstić information content (AvgIpc) is 2.76. The first-order chi connectivity index (χ1) is 14.5. The first kappa shape index (κ1) is 19.7. The lowest BCUT2D eigenvalue weighted by molar-refractivity contribution is 0.482. The van der Waals surface area contributed by atoms with Crippen molar-refractivity contribution in [3.8, 4) is 22.6 Å². The molecule has 0 saturated heterocycles. The van der Waals surface area contributed by atoms with E-state index >= 15 is 0 Å². The van der Waals surface area contributed by atoms with Crippen molar-refractivity contribution in [3.05, 3.63) is 103 Å². The summed E-state index contributed by atoms with van der Waals surface area (Å²) in [5, 5.41) is 0. The molecule has 0 amide bonds. The quantitative estimate of drug-likeness (QED) is 0.441. The van der Waals surface area contributed by atoms with Crippen LogP contribution in [0.1, 0.15) is 5.56 Å². The molecule has 1 heterocycles. The van der Waals surface area contributed by atoms with Gasteiger partial charge in [-0.3, -0.25) is 9.71 Å². The van der Waals surface area contributed by atoms with Gasteiger partial charge in [0, 0.05) is 23.6 Å². The predicted molar refractivity (Wildman–Crippen MR) is 118 cm³/mol. The molecule has 5 nitrogen and oxygen atoms in total. The second-order valence-electron chi connectivity index (χ2n) is 6.76. The molecule has 1 aromatic heterocycles. The highest BCUT2D eigenvalue weighted by atomic mass is 32.2. The van der Waals surface area contributed by atoms with E-state index in [1.54, 1.807) is 36.7 Å². The Hall–Kier alpha value is -3.64. The summed E-state index contributed by atoms with van der Waals surface area (Å²) in [6, 6.07) is 24.8. The van der Waals surface area contributed by atoms with Crippen LogP contribution in [0.4, 0.5) is 5.69 Å². The van der Waals surface area contributed by atoms with Crippen LogP contribution in [0.2, 0.25) is 0 Å². The number of pyridine rings is 1. The third kappa shape index (κ3) is 4.50. The van der Waals surface area contributed by atoms with Gasteiger partial charge in [0.05, 0.1) is 4.90 Å². The highest BCUT2D eigenvalue weighted by Gasteiger charge is 2.14. The number of aryl methyl sites for hydroxylation is 1. The lowest BCUT2D eigenvalue weighted by Crippen LogP contribution is -2.12. The van der Waals surface area contributed by atoms with Crippen molar-refractivity contribution >= 4 is 15.7 Å². The Labute approximate surface area is 176 Å². The lowest BCUT2D eigenvalue weighted by atomic mass is 10.0. The van der Waals surface area contributed by atoms with Gasteiger partial charge in [0.2, 0.25) is 0 Å². The highest BCUT2D eigenvalue weighted by molar-refractivity contribution is 7.92. The number of hydrogen-bond acceptors (Lipinski definition) is 4. The highest BCUT2D eigenvalue weighted by Crippen LogP contribution is 2.26. The molecule has 4 rings (SSSR count). The van der Waals surface area contributed by atoms with Gasteiger partial charge in [-0.05, 0) is 72.6 Å². The minimum Gasteiger partial charge on any atom is -0.457 e. The normalized spacial score (nSPS) is 11.1. The Bertz CT molecular complexity index is 1240. The van der Waals surface area contributed by atoms with Gasteiger partial charge < -0.3 is 4.74 Å². The molecule has 0 aliphatic carbocycles. The number of aromatic nitrogens is 1. The fourth-order valence-electron chi connectivity index (χ4n) is 3.01. The number of benzene rings is 3. The van der Waals surface area contributed by atoms with Gasteiger partial charge >= 0.3 is 0 Å². The van der Waals surface area contributed by atoms with Gasteiger partial charge in [-0.15, -0.1) is 0 Å². The fraction of sp³-hybridized carbons (Fsp3) is 0.0417. The van der Waals surface area contributed by atoms with Crippen LogP contribution in [0.25, 0.3) is 11.1 Å². The van der Waals surface area contributed by atoms with Crippen molar-refractivity contribution in [2.24, 2.45) is 0 Å². The number of anilines is 1. The average molecular weight is 417 g/mol. The summed E-state index contributed by atoms with van der Waals surface area (Å²) < 4.78 is 33.8. The van der Waals surface area contributed by atoms with Crippen LogP contribution in [0.15, 0.2) is 102 Å². The van der Waals surface area contributed by atoms with E-state index in [-0.39, 0.29) is 4.90 Å². The number of nitrogens with one attached hydrogen (secondary N) is 1. The zero-order valence-corrected chi connectivity index (χ0v) is 17.1. The molecule has 0 saturated carbocycles. The first-order valence-electron chi connectivity index (χ1n) is 9.38. The number of sulfonamides is 1. The van der Waals surface area contributed by atoms with Crippen LogP contribution < -0.4 is 9.46 Å². The summed E-state index contributed by atoms with van der Waals surface area (Å²) in [7, 11) is -3.71. The molecule has 0 aliphatic rings. The number of nitrogens with zero attached hydrogens (tertiary/aromatic N) is 1. The summed E-state index contributed by atoms with van der Waals surface area (Å²) in [5.41, 5.74) is 3.59. The number of hydrogen-bond donors (Lipinski definition) is 1. The number of ether oxygens (including phenoxy) is 1. The molecule has 4 aromatic rings. The summed E-state index contributed by atoms with van der Waals surface area (Å²) in [6.45, 7) is 2.01. The molecule has 0 atom stereocenters. The number of rotatable bonds is 6. The van der Waals surface area contributed by atoms with E-state index < -0.39 is 10.0 Å². The summed E-state index contributed by atoms with van der Waals surface area (Å²) in [4.78, 5) is 4.32. The molecule has 0 spiro atoms. The molecule has 30 heavy (non-hydrogen) atoms. The van der Waals surface area contributed by atoms with Crippen LogP contribution in [0.3, 0.4) is 0 Å². The van der Waals surface area contributed by atoms with Crippen molar-refractivity contribution in [1.29, 1.82) is 0 Å². The standard InChI is InChI=1S/C24H20N2O3S/c1-18-15-16-25-17-24(18)19-7-9-20(10-8-19)26-30(27,28)23-13-11-22(12-14-23)29-21-5-3-2-4-6-21/h2-17,26H,1H3. The minimum absolute atomic E-state index is 0.162. The van der Waals surface area contributed by atoms with Gasteiger partial charge in [0.25, 0.3) is 10.0 Å². The first-order valence-corrected chi connectivity index (χ1v) is 10.9. The third-order valence-electron chi connectivity index (χ3n) is 4.60. The van der Waals surface area contributed by atoms with Crippen molar-refractivity contribution in [3.63, 3.8) is 0 Å². The van der Waals surface area contributed by atoms with E-state index in [4.69, 9.17) is 4.74 Å². The summed E-state index contributed by atoms with van der Waals surface area (Å²) in [5.74, 6) is 1.26. The summed E-state index contributed by atoms with van der Waals surface area (Å²) in [6.07, 6.45) is 3.55. The predicted octanol–water partition coefficient (Wildman–Crippen LogP) is 5.65. The smallest absolute Gasteiger partial charge is 0.261 e. The van der Waals surface area contributed by atoms with Crippen molar-refractivity contribution in [2.45, 2.75) is 11.8 Å². The van der Waals surface area contributed by atoms with Crippen LogP contribution in [-0.2, 0) is 10.0 Å². The molecule has 0 unspecified atom stereocenters. The second kappa shape index (κ2) is 8.39. The Morgan fingerprint density at radius 3 is 2.13 bits per heavy atom. The van der Waals surface area contributed by atoms with Gasteiger partial charge in [0.1, 0.15) is 11.5 Å². The van der Waals surface area contributed by atoms with Crippen LogP contribution in [0, 0.1) is 6.92 Å². The van der Waals surface area contributed by atoms with Crippen molar-refractivity contribution < 1.29 is 13.2 Å². The molecule has 1 N–H and O–H groups in total. The molecular weight excluding hydrogens is 396 g/mol. The van der Waals surface area contributed by atoms with E-state index in [2.05, 4.69) is 9.71 Å². The van der Waals surface area contributed by atoms with Crippen molar-refractivity contribution in [2.75, 3.05) is 4.72 Å². The molecule has 3 aromatic carbocycles. The zero-order chi connectivity index (χ0) is 21.0. The Kier molecular flexibility index (Phi) is 5.50. The molecule has 0 aliphatic heterocycles. The monoisotopic (exact) mass is 416 g/mol. The van der Waals surface area contributed by atoms with Crippen LogP contribution >= 0.6 is 0 Å². The van der Waals surface area contributed by atoms with E-state index in [0.717, 1.165) is 16.7 Å². The minimum atomic E-state index is -3.71. The maximum absolute atomic E-state index is 12.7. The Morgan fingerprint density at radius 2 is 1.47 bits per heavy atom. The zero-order valence-electron chi connectivity index (χ0n) is 16.3. The SMILES string of the molecule is Cc1ccncc1-c1ccc(NS(=O)(=O)c2ccc(Oc3ccccc3)cc2)cc1. The van der Waals surface area contributed by atoms with Gasteiger partial charge in [0.15, 0.2) is 0 Å². The van der Waals surface area contributed by atoms with Gasteiger partial charge in [-0.2, -0.15) is 0 Å². The van der Waals surface area contributed by atoms with Crippen LogP contribution in [-0.4, -0.2) is 13.4 Å². The Balaban J connectivity index is 1.48. The maximum Gasteiger partial charge on any atom is 0.261 e. The largest absolute Gasteiger partial charge is 0.457 e. The Morgan fingerprint density at radius 1 is 0.800 bits per heavy atom. The topological polar surface area (TPSA) is 68.3 Å². The molecule has 0 fully saturated rings. The van der Waals surface area contributed by atoms with E-state index in [9.17, 15) is 8.42 Å². The molecule has 6 heteroatoms. The van der Waals surface area contributed by atoms with Crippen LogP contribution in [0.5, 0.6) is 11.5 Å². The van der Waals surface area contributed by atoms with E-state index in [0.29, 0.717) is 17.2 Å². The summed E-state index contributed by atoms with van der Waals surface area (Å²) >= 11 is 0. The third-order valence-corrected chi connectivity index (χ3v) is 6.00. The molecular formula is C24H20N2O3S. The van der Waals surface area contributed by atoms with E-state index in [1.807, 2.05) is 55.5 Å². The van der Waals surface area contributed by atoms with Gasteiger partial charge in [-0.25, -0.2) is 8.42 Å². The fourth-order valence-corrected chi connectivity index (χ4v) is 4.07. The maximum atomic E-state index is 12.7. The molecule has 0 bridgehead atoms.